The molecule has 6 heteroatoms. The van der Waals surface area contributed by atoms with Gasteiger partial charge in [0.1, 0.15) is 6.61 Å². The summed E-state index contributed by atoms with van der Waals surface area (Å²) in [7, 11) is 3.67. The van der Waals surface area contributed by atoms with Crippen LogP contribution in [-0.2, 0) is 9.53 Å². The third kappa shape index (κ3) is 4.20. The molecule has 0 saturated carbocycles. The molecule has 1 aliphatic rings. The van der Waals surface area contributed by atoms with Crippen molar-refractivity contribution in [2.75, 3.05) is 24.7 Å². The van der Waals surface area contributed by atoms with E-state index in [9.17, 15) is 4.79 Å². The van der Waals surface area contributed by atoms with Gasteiger partial charge in [0.15, 0.2) is 5.05 Å². The van der Waals surface area contributed by atoms with E-state index in [0.29, 0.717) is 18.2 Å². The summed E-state index contributed by atoms with van der Waals surface area (Å²) in [6.45, 7) is 4.60. The van der Waals surface area contributed by atoms with Gasteiger partial charge in [0.2, 0.25) is 5.91 Å². The summed E-state index contributed by atoms with van der Waals surface area (Å²) in [5.41, 5.74) is 0.0148. The summed E-state index contributed by atoms with van der Waals surface area (Å²) in [6.07, 6.45) is 0. The van der Waals surface area contributed by atoms with E-state index in [2.05, 4.69) is 12.2 Å². The number of ether oxygens (including phenoxy) is 1. The SMILES string of the molecule is CC(=O)NCCOC(=S)C1(C)CSSC1. The monoisotopic (exact) mass is 265 g/mol. The standard InChI is InChI=1S/C9H15NO2S3/c1-7(11)10-3-4-12-8(13)9(2)5-14-15-6-9/h3-6H2,1-2H3,(H,10,11). The van der Waals surface area contributed by atoms with Crippen LogP contribution in [0.15, 0.2) is 0 Å². The minimum atomic E-state index is -0.0392. The fourth-order valence-electron chi connectivity index (χ4n) is 1.05. The molecule has 0 aromatic rings. The second-order valence-electron chi connectivity index (χ2n) is 3.70. The normalized spacial score (nSPS) is 18.5. The summed E-state index contributed by atoms with van der Waals surface area (Å²) in [4.78, 5) is 10.6. The van der Waals surface area contributed by atoms with Gasteiger partial charge in [-0.3, -0.25) is 4.79 Å². The molecule has 0 aromatic heterocycles. The van der Waals surface area contributed by atoms with E-state index in [1.54, 1.807) is 0 Å². The lowest BCUT2D eigenvalue weighted by Crippen LogP contribution is -2.33. The lowest BCUT2D eigenvalue weighted by atomic mass is 9.97. The summed E-state index contributed by atoms with van der Waals surface area (Å²) < 4.78 is 5.47. The Balaban J connectivity index is 2.21. The van der Waals surface area contributed by atoms with Crippen molar-refractivity contribution in [3.63, 3.8) is 0 Å². The zero-order chi connectivity index (χ0) is 11.3. The Kier molecular flexibility index (Phi) is 5.22. The maximum absolute atomic E-state index is 10.6. The van der Waals surface area contributed by atoms with E-state index in [-0.39, 0.29) is 11.3 Å². The maximum Gasteiger partial charge on any atom is 0.216 e. The average Bonchev–Trinajstić information content (AvgIpc) is 2.60. The van der Waals surface area contributed by atoms with E-state index in [1.165, 1.54) is 6.92 Å². The average molecular weight is 265 g/mol. The maximum atomic E-state index is 10.6. The Hall–Kier alpha value is 0.0600. The predicted octanol–water partition coefficient (Wildman–Crippen LogP) is 1.87. The minimum Gasteiger partial charge on any atom is -0.485 e. The van der Waals surface area contributed by atoms with Gasteiger partial charge in [0.05, 0.1) is 12.0 Å². The molecule has 1 saturated heterocycles. The van der Waals surface area contributed by atoms with Crippen molar-refractivity contribution in [3.05, 3.63) is 0 Å². The Labute approximate surface area is 103 Å². The Morgan fingerprint density at radius 1 is 1.53 bits per heavy atom. The van der Waals surface area contributed by atoms with Gasteiger partial charge in [-0.05, 0) is 19.1 Å². The number of amides is 1. The molecule has 1 aliphatic heterocycles. The molecule has 0 unspecified atom stereocenters. The van der Waals surface area contributed by atoms with E-state index in [0.717, 1.165) is 11.5 Å². The number of carbonyl (C=O) groups is 1. The number of hydrogen-bond donors (Lipinski definition) is 1. The first-order chi connectivity index (χ1) is 7.04. The number of hydrogen-bond acceptors (Lipinski definition) is 5. The predicted molar refractivity (Wildman–Crippen MR) is 70.3 cm³/mol. The van der Waals surface area contributed by atoms with Crippen molar-refractivity contribution in [3.8, 4) is 0 Å². The lowest BCUT2D eigenvalue weighted by Gasteiger charge is -2.22. The topological polar surface area (TPSA) is 38.3 Å². The number of thiocarbonyl (C=S) groups is 1. The molecule has 1 N–H and O–H groups in total. The molecule has 3 nitrogen and oxygen atoms in total. The first-order valence-electron chi connectivity index (χ1n) is 4.71. The summed E-state index contributed by atoms with van der Waals surface area (Å²) >= 11 is 5.24. The minimum absolute atomic E-state index is 0.0148. The van der Waals surface area contributed by atoms with Crippen molar-refractivity contribution in [1.29, 1.82) is 0 Å². The Bertz CT molecular complexity index is 252. The summed E-state index contributed by atoms with van der Waals surface area (Å²) in [5.74, 6) is 1.98. The number of rotatable bonds is 4. The van der Waals surface area contributed by atoms with Crippen LogP contribution >= 0.6 is 33.8 Å². The van der Waals surface area contributed by atoms with Crippen LogP contribution in [0.25, 0.3) is 0 Å². The Morgan fingerprint density at radius 3 is 2.67 bits per heavy atom. The lowest BCUT2D eigenvalue weighted by molar-refractivity contribution is -0.119. The first-order valence-corrected chi connectivity index (χ1v) is 7.60. The van der Waals surface area contributed by atoms with E-state index < -0.39 is 0 Å². The van der Waals surface area contributed by atoms with Gasteiger partial charge >= 0.3 is 0 Å². The van der Waals surface area contributed by atoms with Gasteiger partial charge < -0.3 is 10.1 Å². The highest BCUT2D eigenvalue weighted by Gasteiger charge is 2.35. The smallest absolute Gasteiger partial charge is 0.216 e. The van der Waals surface area contributed by atoms with Crippen LogP contribution in [-0.4, -0.2) is 35.6 Å². The van der Waals surface area contributed by atoms with Crippen LogP contribution in [0.1, 0.15) is 13.8 Å². The van der Waals surface area contributed by atoms with Crippen molar-refractivity contribution < 1.29 is 9.53 Å². The second-order valence-corrected chi connectivity index (χ2v) is 6.54. The third-order valence-electron chi connectivity index (χ3n) is 2.04. The highest BCUT2D eigenvalue weighted by molar-refractivity contribution is 8.77. The molecular weight excluding hydrogens is 250 g/mol. The van der Waals surface area contributed by atoms with Gasteiger partial charge in [0.25, 0.3) is 0 Å². The fourth-order valence-corrected chi connectivity index (χ4v) is 4.80. The molecule has 0 radical (unpaired) electrons. The molecule has 1 heterocycles. The van der Waals surface area contributed by atoms with Crippen molar-refractivity contribution in [2.45, 2.75) is 13.8 Å². The highest BCUT2D eigenvalue weighted by Crippen LogP contribution is 2.43. The molecule has 0 spiro atoms. The van der Waals surface area contributed by atoms with E-state index >= 15 is 0 Å². The molecule has 86 valence electrons. The van der Waals surface area contributed by atoms with Crippen LogP contribution in [0.5, 0.6) is 0 Å². The van der Waals surface area contributed by atoms with Gasteiger partial charge in [0, 0.05) is 18.4 Å². The first kappa shape index (κ1) is 13.1. The number of nitrogens with one attached hydrogen (secondary N) is 1. The second kappa shape index (κ2) is 5.96. The molecule has 1 fully saturated rings. The molecule has 1 rings (SSSR count). The molecule has 0 aromatic carbocycles. The quantitative estimate of drug-likeness (QED) is 0.477. The molecule has 15 heavy (non-hydrogen) atoms. The zero-order valence-corrected chi connectivity index (χ0v) is 11.3. The van der Waals surface area contributed by atoms with Gasteiger partial charge in [-0.2, -0.15) is 0 Å². The number of carbonyl (C=O) groups excluding carboxylic acids is 1. The van der Waals surface area contributed by atoms with Crippen molar-refractivity contribution >= 4 is 44.8 Å². The van der Waals surface area contributed by atoms with Crippen LogP contribution in [0.3, 0.4) is 0 Å². The summed E-state index contributed by atoms with van der Waals surface area (Å²) in [5, 5.41) is 3.34. The van der Waals surface area contributed by atoms with Crippen LogP contribution in [0.2, 0.25) is 0 Å². The fraction of sp³-hybridized carbons (Fsp3) is 0.778. The molecule has 0 bridgehead atoms. The van der Waals surface area contributed by atoms with Crippen molar-refractivity contribution in [2.24, 2.45) is 5.41 Å². The van der Waals surface area contributed by atoms with Gasteiger partial charge in [-0.25, -0.2) is 0 Å². The summed E-state index contributed by atoms with van der Waals surface area (Å²) in [6, 6.07) is 0. The van der Waals surface area contributed by atoms with E-state index in [1.807, 2.05) is 21.6 Å². The molecule has 1 amide bonds. The van der Waals surface area contributed by atoms with Crippen LogP contribution in [0.4, 0.5) is 0 Å². The largest absolute Gasteiger partial charge is 0.485 e. The molecule has 0 atom stereocenters. The highest BCUT2D eigenvalue weighted by atomic mass is 33.1. The Morgan fingerprint density at radius 2 is 2.13 bits per heavy atom. The zero-order valence-electron chi connectivity index (χ0n) is 8.87. The third-order valence-corrected chi connectivity index (χ3v) is 5.53. The molecule has 0 aliphatic carbocycles. The van der Waals surface area contributed by atoms with Crippen LogP contribution < -0.4 is 5.32 Å². The van der Waals surface area contributed by atoms with Crippen LogP contribution in [0, 0.1) is 5.41 Å². The van der Waals surface area contributed by atoms with E-state index in [4.69, 9.17) is 17.0 Å². The van der Waals surface area contributed by atoms with Crippen molar-refractivity contribution in [1.82, 2.24) is 5.32 Å². The molecular formula is C9H15NO2S3. The van der Waals surface area contributed by atoms with Gasteiger partial charge in [-0.15, -0.1) is 0 Å². The van der Waals surface area contributed by atoms with Gasteiger partial charge in [-0.1, -0.05) is 21.6 Å².